The number of benzene rings is 1. The third-order valence-corrected chi connectivity index (χ3v) is 6.02. The van der Waals surface area contributed by atoms with Gasteiger partial charge in [-0.1, -0.05) is 29.9 Å². The van der Waals surface area contributed by atoms with Crippen molar-refractivity contribution in [1.82, 2.24) is 14.8 Å². The minimum absolute atomic E-state index is 0.0583. The van der Waals surface area contributed by atoms with Crippen LogP contribution in [0.15, 0.2) is 59.6 Å². The zero-order valence-corrected chi connectivity index (χ0v) is 15.6. The molecule has 1 unspecified atom stereocenters. The standard InChI is InChI=1S/C17H21FN4O3S/c1-5-10-25-21-15(16(18)22-12-19-11-20-22)13-6-8-14(9-7-13)26(23,24)17(2,3)4/h5-9,11-12,16H,1,10H2,2-4H3. The maximum atomic E-state index is 14.8. The molecule has 0 radical (unpaired) electrons. The highest BCUT2D eigenvalue weighted by molar-refractivity contribution is 7.92. The van der Waals surface area contributed by atoms with Gasteiger partial charge < -0.3 is 4.84 Å². The summed E-state index contributed by atoms with van der Waals surface area (Å²) in [5.74, 6) is 0. The van der Waals surface area contributed by atoms with Crippen molar-refractivity contribution in [1.29, 1.82) is 0 Å². The van der Waals surface area contributed by atoms with E-state index in [2.05, 4.69) is 21.8 Å². The summed E-state index contributed by atoms with van der Waals surface area (Å²) in [6, 6.07) is 5.82. The fourth-order valence-electron chi connectivity index (χ4n) is 2.01. The van der Waals surface area contributed by atoms with E-state index in [0.29, 0.717) is 5.56 Å². The van der Waals surface area contributed by atoms with Crippen LogP contribution in [0.3, 0.4) is 0 Å². The van der Waals surface area contributed by atoms with Gasteiger partial charge in [0.1, 0.15) is 25.0 Å². The fraction of sp³-hybridized carbons (Fsp3) is 0.353. The molecule has 0 saturated carbocycles. The zero-order chi connectivity index (χ0) is 19.4. The van der Waals surface area contributed by atoms with E-state index >= 15 is 0 Å². The van der Waals surface area contributed by atoms with Gasteiger partial charge in [0.2, 0.25) is 6.30 Å². The lowest BCUT2D eigenvalue weighted by Gasteiger charge is -2.19. The second-order valence-electron chi connectivity index (χ2n) is 6.41. The molecule has 7 nitrogen and oxygen atoms in total. The lowest BCUT2D eigenvalue weighted by Crippen LogP contribution is -2.28. The van der Waals surface area contributed by atoms with Crippen LogP contribution in [0.25, 0.3) is 0 Å². The first-order valence-corrected chi connectivity index (χ1v) is 9.31. The molecule has 26 heavy (non-hydrogen) atoms. The van der Waals surface area contributed by atoms with Crippen LogP contribution in [0.1, 0.15) is 32.6 Å². The van der Waals surface area contributed by atoms with Crippen molar-refractivity contribution in [3.05, 3.63) is 55.1 Å². The quantitative estimate of drug-likeness (QED) is 0.319. The number of sulfone groups is 1. The first-order valence-electron chi connectivity index (χ1n) is 7.82. The summed E-state index contributed by atoms with van der Waals surface area (Å²) in [6.45, 7) is 8.46. The maximum Gasteiger partial charge on any atom is 0.239 e. The van der Waals surface area contributed by atoms with Crippen LogP contribution >= 0.6 is 0 Å². The number of halogens is 1. The zero-order valence-electron chi connectivity index (χ0n) is 14.8. The molecule has 0 aliphatic carbocycles. The summed E-state index contributed by atoms with van der Waals surface area (Å²) < 4.78 is 39.8. The van der Waals surface area contributed by atoms with E-state index in [4.69, 9.17) is 4.84 Å². The first kappa shape index (κ1) is 19.8. The molecule has 2 aromatic rings. The minimum atomic E-state index is -3.51. The van der Waals surface area contributed by atoms with Crippen LogP contribution in [-0.4, -0.2) is 40.2 Å². The molecule has 0 amide bonds. The maximum absolute atomic E-state index is 14.8. The van der Waals surface area contributed by atoms with Crippen LogP contribution in [0.4, 0.5) is 4.39 Å². The molecule has 0 fully saturated rings. The molecule has 0 aliphatic heterocycles. The van der Waals surface area contributed by atoms with E-state index in [1.807, 2.05) is 0 Å². The molecule has 2 rings (SSSR count). The Balaban J connectivity index is 2.40. The Morgan fingerprint density at radius 3 is 2.54 bits per heavy atom. The third kappa shape index (κ3) is 4.16. The van der Waals surface area contributed by atoms with Gasteiger partial charge in [-0.2, -0.15) is 5.10 Å². The first-order chi connectivity index (χ1) is 12.2. The Kier molecular flexibility index (Phi) is 5.91. The largest absolute Gasteiger partial charge is 0.391 e. The number of rotatable bonds is 7. The van der Waals surface area contributed by atoms with Gasteiger partial charge in [0.15, 0.2) is 9.84 Å². The SMILES string of the molecule is C=CCON=C(c1ccc(S(=O)(=O)C(C)(C)C)cc1)C(F)n1cncn1. The highest BCUT2D eigenvalue weighted by Crippen LogP contribution is 2.26. The summed E-state index contributed by atoms with van der Waals surface area (Å²) in [6.07, 6.45) is 2.15. The molecule has 0 bridgehead atoms. The van der Waals surface area contributed by atoms with Crippen LogP contribution in [0, 0.1) is 0 Å². The molecule has 140 valence electrons. The molecule has 1 aromatic heterocycles. The van der Waals surface area contributed by atoms with Crippen molar-refractivity contribution in [3.8, 4) is 0 Å². The Morgan fingerprint density at radius 1 is 1.38 bits per heavy atom. The van der Waals surface area contributed by atoms with E-state index in [9.17, 15) is 12.8 Å². The predicted octanol–water partition coefficient (Wildman–Crippen LogP) is 2.93. The van der Waals surface area contributed by atoms with Crippen molar-refractivity contribution < 1.29 is 17.6 Å². The van der Waals surface area contributed by atoms with Crippen molar-refractivity contribution in [2.24, 2.45) is 5.16 Å². The predicted molar refractivity (Wildman–Crippen MR) is 96.2 cm³/mol. The number of aromatic nitrogens is 3. The molecule has 1 atom stereocenters. The Hall–Kier alpha value is -2.55. The molecule has 0 saturated heterocycles. The second-order valence-corrected chi connectivity index (χ2v) is 9.12. The van der Waals surface area contributed by atoms with Crippen LogP contribution in [0.5, 0.6) is 0 Å². The van der Waals surface area contributed by atoms with Gasteiger partial charge in [0, 0.05) is 5.56 Å². The van der Waals surface area contributed by atoms with Gasteiger partial charge in [-0.3, -0.25) is 0 Å². The Morgan fingerprint density at radius 2 is 2.04 bits per heavy atom. The summed E-state index contributed by atoms with van der Waals surface area (Å²) >= 11 is 0. The van der Waals surface area contributed by atoms with Gasteiger partial charge in [0.05, 0.1) is 9.64 Å². The van der Waals surface area contributed by atoms with Crippen molar-refractivity contribution in [3.63, 3.8) is 0 Å². The number of hydrogen-bond acceptors (Lipinski definition) is 6. The number of hydrogen-bond donors (Lipinski definition) is 0. The summed E-state index contributed by atoms with van der Waals surface area (Å²) in [4.78, 5) is 8.88. The molecule has 0 N–H and O–H groups in total. The van der Waals surface area contributed by atoms with Crippen molar-refractivity contribution >= 4 is 15.5 Å². The van der Waals surface area contributed by atoms with E-state index in [0.717, 1.165) is 4.68 Å². The number of alkyl halides is 1. The fourth-order valence-corrected chi connectivity index (χ4v) is 3.21. The summed E-state index contributed by atoms with van der Waals surface area (Å²) in [5.41, 5.74) is 0.307. The smallest absolute Gasteiger partial charge is 0.239 e. The van der Waals surface area contributed by atoms with Gasteiger partial charge in [0.25, 0.3) is 0 Å². The van der Waals surface area contributed by atoms with Crippen LogP contribution in [0.2, 0.25) is 0 Å². The van der Waals surface area contributed by atoms with Gasteiger partial charge >= 0.3 is 0 Å². The van der Waals surface area contributed by atoms with E-state index in [-0.39, 0.29) is 17.2 Å². The molecular weight excluding hydrogens is 359 g/mol. The molecule has 1 aromatic carbocycles. The minimum Gasteiger partial charge on any atom is -0.391 e. The highest BCUT2D eigenvalue weighted by atomic mass is 32.2. The van der Waals surface area contributed by atoms with E-state index in [1.54, 1.807) is 20.8 Å². The second kappa shape index (κ2) is 7.77. The Labute approximate surface area is 152 Å². The monoisotopic (exact) mass is 380 g/mol. The van der Waals surface area contributed by atoms with Gasteiger partial charge in [-0.05, 0) is 32.9 Å². The summed E-state index contributed by atoms with van der Waals surface area (Å²) in [5, 5.41) is 7.57. The van der Waals surface area contributed by atoms with E-state index in [1.165, 1.54) is 43.0 Å². The Bertz CT molecular complexity index is 870. The third-order valence-electron chi connectivity index (χ3n) is 3.52. The summed E-state index contributed by atoms with van der Waals surface area (Å²) in [7, 11) is -3.51. The topological polar surface area (TPSA) is 86.4 Å². The van der Waals surface area contributed by atoms with Crippen molar-refractivity contribution in [2.45, 2.75) is 36.7 Å². The highest BCUT2D eigenvalue weighted by Gasteiger charge is 2.31. The van der Waals surface area contributed by atoms with Gasteiger partial charge in [-0.15, -0.1) is 0 Å². The number of nitrogens with zero attached hydrogens (tertiary/aromatic N) is 4. The molecular formula is C17H21FN4O3S. The van der Waals surface area contributed by atoms with E-state index < -0.39 is 20.9 Å². The lowest BCUT2D eigenvalue weighted by molar-refractivity contribution is 0.168. The van der Waals surface area contributed by atoms with Crippen LogP contribution < -0.4 is 0 Å². The van der Waals surface area contributed by atoms with Crippen molar-refractivity contribution in [2.75, 3.05) is 6.61 Å². The molecule has 0 spiro atoms. The average molecular weight is 380 g/mol. The number of oxime groups is 1. The van der Waals surface area contributed by atoms with Crippen LogP contribution in [-0.2, 0) is 14.7 Å². The normalized spacial score (nSPS) is 14.1. The lowest BCUT2D eigenvalue weighted by atomic mass is 10.1. The average Bonchev–Trinajstić information content (AvgIpc) is 3.12. The molecule has 9 heteroatoms. The molecule has 1 heterocycles. The van der Waals surface area contributed by atoms with Gasteiger partial charge in [-0.25, -0.2) is 22.5 Å². The molecule has 0 aliphatic rings.